The second kappa shape index (κ2) is 6.60. The number of carbonyl (C=O) groups is 2. The average Bonchev–Trinajstić information content (AvgIpc) is 3.21. The molecule has 0 aliphatic rings. The third kappa shape index (κ3) is 3.27. The van der Waals surface area contributed by atoms with Crippen molar-refractivity contribution in [3.63, 3.8) is 0 Å². The summed E-state index contributed by atoms with van der Waals surface area (Å²) in [4.78, 5) is 23.7. The van der Waals surface area contributed by atoms with Crippen LogP contribution in [0.2, 0.25) is 0 Å². The Morgan fingerprint density at radius 1 is 1.28 bits per heavy atom. The number of primary amides is 1. The summed E-state index contributed by atoms with van der Waals surface area (Å²) in [6, 6.07) is 8.81. The highest BCUT2D eigenvalue weighted by Gasteiger charge is 2.15. The van der Waals surface area contributed by atoms with Crippen molar-refractivity contribution in [2.45, 2.75) is 13.5 Å². The first-order valence-corrected chi connectivity index (χ1v) is 7.75. The molecule has 0 saturated carbocycles. The molecule has 0 atom stereocenters. The number of amides is 2. The third-order valence-corrected chi connectivity index (χ3v) is 3.86. The van der Waals surface area contributed by atoms with Crippen LogP contribution in [-0.4, -0.2) is 31.1 Å². The standard InChI is InChI=1S/C17H18N6O2/c1-3-23-10-19-21-16(23)11-5-4-6-13(7-11)20-17(25)14-8-12(15(18)24)9-22(14)2/h4-10H,3H2,1-2H3,(H2,18,24)(H,20,25). The second-order valence-electron chi connectivity index (χ2n) is 5.56. The lowest BCUT2D eigenvalue weighted by Crippen LogP contribution is -2.15. The molecule has 8 nitrogen and oxygen atoms in total. The van der Waals surface area contributed by atoms with Gasteiger partial charge in [-0.05, 0) is 25.1 Å². The van der Waals surface area contributed by atoms with Gasteiger partial charge in [-0.1, -0.05) is 12.1 Å². The molecule has 1 aromatic carbocycles. The summed E-state index contributed by atoms with van der Waals surface area (Å²) in [5.41, 5.74) is 7.35. The molecule has 3 aromatic rings. The lowest BCUT2D eigenvalue weighted by atomic mass is 10.2. The van der Waals surface area contributed by atoms with E-state index in [2.05, 4.69) is 15.5 Å². The SMILES string of the molecule is CCn1cnnc1-c1cccc(NC(=O)c2cc(C(N)=O)cn2C)c1. The van der Waals surface area contributed by atoms with Gasteiger partial charge < -0.3 is 20.2 Å². The minimum absolute atomic E-state index is 0.289. The van der Waals surface area contributed by atoms with Crippen LogP contribution in [0.25, 0.3) is 11.4 Å². The molecular weight excluding hydrogens is 320 g/mol. The first-order chi connectivity index (χ1) is 12.0. The molecule has 2 aromatic heterocycles. The molecule has 3 N–H and O–H groups in total. The maximum atomic E-state index is 12.5. The highest BCUT2D eigenvalue weighted by Crippen LogP contribution is 2.21. The zero-order chi connectivity index (χ0) is 18.0. The van der Waals surface area contributed by atoms with E-state index in [1.54, 1.807) is 24.0 Å². The van der Waals surface area contributed by atoms with Gasteiger partial charge in [0.05, 0.1) is 5.56 Å². The maximum Gasteiger partial charge on any atom is 0.272 e. The number of benzene rings is 1. The quantitative estimate of drug-likeness (QED) is 0.737. The summed E-state index contributed by atoms with van der Waals surface area (Å²) in [5.74, 6) is -0.173. The highest BCUT2D eigenvalue weighted by atomic mass is 16.2. The molecule has 2 heterocycles. The predicted molar refractivity (Wildman–Crippen MR) is 93.0 cm³/mol. The van der Waals surface area contributed by atoms with Crippen molar-refractivity contribution in [1.82, 2.24) is 19.3 Å². The summed E-state index contributed by atoms with van der Waals surface area (Å²) in [5, 5.41) is 10.9. The Morgan fingerprint density at radius 3 is 2.76 bits per heavy atom. The van der Waals surface area contributed by atoms with Crippen LogP contribution < -0.4 is 11.1 Å². The van der Waals surface area contributed by atoms with Crippen LogP contribution in [0.15, 0.2) is 42.9 Å². The molecule has 0 spiro atoms. The third-order valence-electron chi connectivity index (χ3n) is 3.86. The highest BCUT2D eigenvalue weighted by molar-refractivity contribution is 6.05. The van der Waals surface area contributed by atoms with Crippen molar-refractivity contribution in [3.8, 4) is 11.4 Å². The number of aryl methyl sites for hydroxylation is 2. The predicted octanol–water partition coefficient (Wildman–Crippen LogP) is 1.65. The Labute approximate surface area is 144 Å². The largest absolute Gasteiger partial charge is 0.366 e. The van der Waals surface area contributed by atoms with E-state index in [-0.39, 0.29) is 11.5 Å². The van der Waals surface area contributed by atoms with Crippen LogP contribution in [0.1, 0.15) is 27.8 Å². The van der Waals surface area contributed by atoms with Gasteiger partial charge in [0.1, 0.15) is 12.0 Å². The number of hydrogen-bond donors (Lipinski definition) is 2. The van der Waals surface area contributed by atoms with Crippen molar-refractivity contribution in [2.24, 2.45) is 12.8 Å². The number of hydrogen-bond acceptors (Lipinski definition) is 4. The fraction of sp³-hybridized carbons (Fsp3) is 0.176. The Kier molecular flexibility index (Phi) is 4.34. The lowest BCUT2D eigenvalue weighted by Gasteiger charge is -2.08. The monoisotopic (exact) mass is 338 g/mol. The van der Waals surface area contributed by atoms with Gasteiger partial charge in [0.2, 0.25) is 5.91 Å². The molecule has 8 heteroatoms. The summed E-state index contributed by atoms with van der Waals surface area (Å²) >= 11 is 0. The molecule has 0 fully saturated rings. The fourth-order valence-corrected chi connectivity index (χ4v) is 2.57. The van der Waals surface area contributed by atoms with E-state index >= 15 is 0 Å². The van der Waals surface area contributed by atoms with Gasteiger partial charge in [-0.3, -0.25) is 9.59 Å². The summed E-state index contributed by atoms with van der Waals surface area (Å²) in [6.45, 7) is 2.75. The molecule has 0 bridgehead atoms. The van der Waals surface area contributed by atoms with E-state index in [4.69, 9.17) is 5.73 Å². The van der Waals surface area contributed by atoms with Crippen LogP contribution in [0, 0.1) is 0 Å². The molecule has 0 aliphatic heterocycles. The van der Waals surface area contributed by atoms with Gasteiger partial charge in [0, 0.05) is 31.0 Å². The zero-order valence-corrected chi connectivity index (χ0v) is 13.9. The maximum absolute atomic E-state index is 12.5. The number of nitrogens with two attached hydrogens (primary N) is 1. The van der Waals surface area contributed by atoms with E-state index in [9.17, 15) is 9.59 Å². The number of aromatic nitrogens is 4. The second-order valence-corrected chi connectivity index (χ2v) is 5.56. The fourth-order valence-electron chi connectivity index (χ4n) is 2.57. The molecule has 0 aliphatic carbocycles. The Morgan fingerprint density at radius 2 is 2.08 bits per heavy atom. The number of carbonyl (C=O) groups excluding carboxylic acids is 2. The Bertz CT molecular complexity index is 940. The van der Waals surface area contributed by atoms with E-state index in [0.29, 0.717) is 11.4 Å². The normalized spacial score (nSPS) is 10.6. The molecule has 0 saturated heterocycles. The lowest BCUT2D eigenvalue weighted by molar-refractivity contribution is 0.0998. The van der Waals surface area contributed by atoms with Crippen LogP contribution >= 0.6 is 0 Å². The molecule has 25 heavy (non-hydrogen) atoms. The Balaban J connectivity index is 1.85. The molecule has 128 valence electrons. The zero-order valence-electron chi connectivity index (χ0n) is 13.9. The van der Waals surface area contributed by atoms with Gasteiger partial charge >= 0.3 is 0 Å². The van der Waals surface area contributed by atoms with Crippen LogP contribution in [-0.2, 0) is 13.6 Å². The number of rotatable bonds is 5. The molecule has 3 rings (SSSR count). The van der Waals surface area contributed by atoms with E-state index in [1.165, 1.54) is 12.3 Å². The summed E-state index contributed by atoms with van der Waals surface area (Å²) < 4.78 is 3.48. The Hall–Kier alpha value is -3.42. The van der Waals surface area contributed by atoms with E-state index < -0.39 is 5.91 Å². The van der Waals surface area contributed by atoms with Gasteiger partial charge in [-0.2, -0.15) is 0 Å². The number of anilines is 1. The molecule has 0 radical (unpaired) electrons. The molecule has 0 unspecified atom stereocenters. The van der Waals surface area contributed by atoms with E-state index in [1.807, 2.05) is 29.7 Å². The van der Waals surface area contributed by atoms with Crippen molar-refractivity contribution in [1.29, 1.82) is 0 Å². The molecule has 2 amide bonds. The first-order valence-electron chi connectivity index (χ1n) is 7.75. The van der Waals surface area contributed by atoms with Crippen LogP contribution in [0.5, 0.6) is 0 Å². The van der Waals surface area contributed by atoms with Gasteiger partial charge in [-0.15, -0.1) is 10.2 Å². The van der Waals surface area contributed by atoms with Crippen molar-refractivity contribution in [3.05, 3.63) is 54.1 Å². The van der Waals surface area contributed by atoms with Crippen LogP contribution in [0.3, 0.4) is 0 Å². The summed E-state index contributed by atoms with van der Waals surface area (Å²) in [6.07, 6.45) is 3.19. The minimum Gasteiger partial charge on any atom is -0.366 e. The van der Waals surface area contributed by atoms with Gasteiger partial charge in [-0.25, -0.2) is 0 Å². The average molecular weight is 338 g/mol. The van der Waals surface area contributed by atoms with E-state index in [0.717, 1.165) is 17.9 Å². The molecular formula is C17H18N6O2. The number of nitrogens with one attached hydrogen (secondary N) is 1. The smallest absolute Gasteiger partial charge is 0.272 e. The topological polar surface area (TPSA) is 108 Å². The first kappa shape index (κ1) is 16.4. The number of nitrogens with zero attached hydrogens (tertiary/aromatic N) is 4. The van der Waals surface area contributed by atoms with Gasteiger partial charge in [0.15, 0.2) is 5.82 Å². The van der Waals surface area contributed by atoms with Crippen molar-refractivity contribution in [2.75, 3.05) is 5.32 Å². The van der Waals surface area contributed by atoms with Crippen molar-refractivity contribution < 1.29 is 9.59 Å². The van der Waals surface area contributed by atoms with Gasteiger partial charge in [0.25, 0.3) is 5.91 Å². The van der Waals surface area contributed by atoms with Crippen molar-refractivity contribution >= 4 is 17.5 Å². The summed E-state index contributed by atoms with van der Waals surface area (Å²) in [7, 11) is 1.68. The minimum atomic E-state index is -0.574. The van der Waals surface area contributed by atoms with Crippen LogP contribution in [0.4, 0.5) is 5.69 Å².